The molecular formula is C31H34N4O6S. The Balaban J connectivity index is 1.59. The number of hydrogen-bond donors (Lipinski definition) is 1. The third kappa shape index (κ3) is 4.94. The Morgan fingerprint density at radius 2 is 1.81 bits per heavy atom. The lowest BCUT2D eigenvalue weighted by Crippen LogP contribution is -2.56. The molecule has 3 aromatic rings. The Kier molecular flexibility index (Phi) is 7.71. The number of nitrogens with zero attached hydrogens (tertiary/aromatic N) is 3. The number of thiophene rings is 1. The predicted octanol–water partition coefficient (Wildman–Crippen LogP) is 4.63. The summed E-state index contributed by atoms with van der Waals surface area (Å²) in [4.78, 5) is 59.2. The number of nitro benzene ring substituents is 1. The van der Waals surface area contributed by atoms with Gasteiger partial charge < -0.3 is 19.5 Å². The number of rotatable bonds is 7. The zero-order valence-corrected chi connectivity index (χ0v) is 24.5. The van der Waals surface area contributed by atoms with Crippen molar-refractivity contribution in [2.75, 3.05) is 26.2 Å². The molecule has 4 heterocycles. The Bertz CT molecular complexity index is 1520. The first-order valence-electron chi connectivity index (χ1n) is 14.5. The third-order valence-corrected chi connectivity index (χ3v) is 10.1. The van der Waals surface area contributed by atoms with E-state index in [-0.39, 0.29) is 35.0 Å². The van der Waals surface area contributed by atoms with Crippen LogP contribution >= 0.6 is 11.3 Å². The van der Waals surface area contributed by atoms with Gasteiger partial charge in [0.05, 0.1) is 16.9 Å². The van der Waals surface area contributed by atoms with Gasteiger partial charge in [-0.05, 0) is 61.4 Å². The van der Waals surface area contributed by atoms with Crippen LogP contribution in [0.2, 0.25) is 0 Å². The van der Waals surface area contributed by atoms with E-state index in [9.17, 15) is 24.5 Å². The number of likely N-dealkylation sites (tertiary alicyclic amines) is 1. The first-order chi connectivity index (χ1) is 20.3. The lowest BCUT2D eigenvalue weighted by atomic mass is 9.78. The lowest BCUT2D eigenvalue weighted by molar-refractivity contribution is -0.385. The topological polar surface area (TPSA) is 126 Å². The van der Waals surface area contributed by atoms with Crippen LogP contribution in [-0.4, -0.2) is 64.5 Å². The number of nitro groups is 1. The highest BCUT2D eigenvalue weighted by Crippen LogP contribution is 2.54. The zero-order chi connectivity index (χ0) is 29.5. The molecule has 2 saturated heterocycles. The van der Waals surface area contributed by atoms with Crippen LogP contribution in [0, 0.1) is 35.8 Å². The standard InChI is InChI=1S/C31H34N4O6S/c1-18-11-16-42-29(18)25-24(28(36)23-10-9-19(2)41-23)26(21-7-4-8-22(17-21)35(39)40)34(30(37)20-5-3-6-20)27(25)31(38)33-14-12-32-13-15-33/h4,7-11,16-17,20,24-27,32H,3,5-6,12-15H2,1-2H3. The summed E-state index contributed by atoms with van der Waals surface area (Å²) in [7, 11) is 0. The fraction of sp³-hybridized carbons (Fsp3) is 0.452. The fourth-order valence-corrected chi connectivity index (χ4v) is 7.76. The van der Waals surface area contributed by atoms with Gasteiger partial charge in [0.15, 0.2) is 5.76 Å². The molecule has 0 bridgehead atoms. The van der Waals surface area contributed by atoms with Gasteiger partial charge >= 0.3 is 0 Å². The first kappa shape index (κ1) is 28.3. The highest BCUT2D eigenvalue weighted by atomic mass is 32.1. The summed E-state index contributed by atoms with van der Waals surface area (Å²) in [5.74, 6) is -1.76. The van der Waals surface area contributed by atoms with Gasteiger partial charge in [0.1, 0.15) is 11.8 Å². The van der Waals surface area contributed by atoms with Crippen LogP contribution in [0.3, 0.4) is 0 Å². The Morgan fingerprint density at radius 3 is 2.40 bits per heavy atom. The van der Waals surface area contributed by atoms with Crippen LogP contribution < -0.4 is 5.32 Å². The third-order valence-electron chi connectivity index (χ3n) is 8.97. The van der Waals surface area contributed by atoms with Crippen molar-refractivity contribution in [2.24, 2.45) is 11.8 Å². The van der Waals surface area contributed by atoms with Crippen molar-refractivity contribution in [3.63, 3.8) is 0 Å². The van der Waals surface area contributed by atoms with Gasteiger partial charge in [-0.3, -0.25) is 24.5 Å². The fourth-order valence-electron chi connectivity index (χ4n) is 6.66. The van der Waals surface area contributed by atoms with Crippen molar-refractivity contribution < 1.29 is 23.7 Å². The van der Waals surface area contributed by atoms with Gasteiger partial charge in [0.2, 0.25) is 17.6 Å². The van der Waals surface area contributed by atoms with Crippen LogP contribution in [0.25, 0.3) is 0 Å². The van der Waals surface area contributed by atoms with Gasteiger partial charge in [0, 0.05) is 55.0 Å². The summed E-state index contributed by atoms with van der Waals surface area (Å²) in [6.07, 6.45) is 2.35. The molecule has 2 amide bonds. The van der Waals surface area contributed by atoms with Crippen LogP contribution in [0.1, 0.15) is 63.5 Å². The molecule has 0 radical (unpaired) electrons. The van der Waals surface area contributed by atoms with E-state index in [4.69, 9.17) is 4.42 Å². The lowest BCUT2D eigenvalue weighted by Gasteiger charge is -2.39. The van der Waals surface area contributed by atoms with E-state index in [2.05, 4.69) is 5.32 Å². The molecule has 0 spiro atoms. The number of non-ortho nitro benzene ring substituents is 1. The average Bonchev–Trinajstić information content (AvgIpc) is 3.68. The zero-order valence-electron chi connectivity index (χ0n) is 23.7. The molecule has 1 aliphatic carbocycles. The molecule has 4 atom stereocenters. The maximum absolute atomic E-state index is 14.6. The van der Waals surface area contributed by atoms with Crippen molar-refractivity contribution in [1.29, 1.82) is 0 Å². The smallest absolute Gasteiger partial charge is 0.269 e. The van der Waals surface area contributed by atoms with E-state index in [0.29, 0.717) is 50.3 Å². The van der Waals surface area contributed by atoms with E-state index in [1.165, 1.54) is 23.5 Å². The summed E-state index contributed by atoms with van der Waals surface area (Å²) in [6.45, 7) is 5.98. The quantitative estimate of drug-likeness (QED) is 0.242. The first-order valence-corrected chi connectivity index (χ1v) is 15.3. The Labute approximate surface area is 247 Å². The van der Waals surface area contributed by atoms with Crippen molar-refractivity contribution >= 4 is 34.6 Å². The molecule has 1 N–H and O–H groups in total. The summed E-state index contributed by atoms with van der Waals surface area (Å²) >= 11 is 1.47. The molecular weight excluding hydrogens is 556 g/mol. The molecule has 2 aromatic heterocycles. The Hall–Kier alpha value is -3.83. The van der Waals surface area contributed by atoms with Crippen LogP contribution in [0.15, 0.2) is 52.3 Å². The van der Waals surface area contributed by atoms with E-state index < -0.39 is 28.8 Å². The second-order valence-electron chi connectivity index (χ2n) is 11.5. The SMILES string of the molecule is Cc1ccc(C(=O)C2C(c3sccc3C)C(C(=O)N3CCNCC3)N(C(=O)C3CCC3)C2c2cccc([N+](=O)[O-])c2)o1. The van der Waals surface area contributed by atoms with Crippen molar-refractivity contribution in [3.8, 4) is 0 Å². The monoisotopic (exact) mass is 590 g/mol. The number of furan rings is 1. The van der Waals surface area contributed by atoms with Crippen molar-refractivity contribution in [3.05, 3.63) is 85.5 Å². The number of piperazine rings is 1. The number of aryl methyl sites for hydroxylation is 2. The minimum atomic E-state index is -0.942. The van der Waals surface area contributed by atoms with Gasteiger partial charge in [-0.25, -0.2) is 0 Å². The van der Waals surface area contributed by atoms with E-state index in [1.54, 1.807) is 41.0 Å². The summed E-state index contributed by atoms with van der Waals surface area (Å²) < 4.78 is 5.83. The summed E-state index contributed by atoms with van der Waals surface area (Å²) in [5.41, 5.74) is 1.27. The number of hydrogen-bond acceptors (Lipinski definition) is 8. The van der Waals surface area contributed by atoms with Crippen molar-refractivity contribution in [1.82, 2.24) is 15.1 Å². The molecule has 1 aromatic carbocycles. The van der Waals surface area contributed by atoms with E-state index in [1.807, 2.05) is 18.4 Å². The number of nitrogens with one attached hydrogen (secondary N) is 1. The molecule has 10 nitrogen and oxygen atoms in total. The highest BCUT2D eigenvalue weighted by Gasteiger charge is 2.60. The molecule has 220 valence electrons. The second kappa shape index (κ2) is 11.4. The Morgan fingerprint density at radius 1 is 1.05 bits per heavy atom. The van der Waals surface area contributed by atoms with E-state index in [0.717, 1.165) is 16.9 Å². The van der Waals surface area contributed by atoms with Crippen molar-refractivity contribution in [2.45, 2.75) is 51.1 Å². The molecule has 3 fully saturated rings. The molecule has 2 aliphatic heterocycles. The predicted molar refractivity (Wildman–Crippen MR) is 156 cm³/mol. The summed E-state index contributed by atoms with van der Waals surface area (Å²) in [5, 5.41) is 17.1. The normalized spacial score (nSPS) is 24.4. The van der Waals surface area contributed by atoms with Gasteiger partial charge in [0.25, 0.3) is 5.69 Å². The number of carbonyl (C=O) groups is 3. The largest absolute Gasteiger partial charge is 0.458 e. The minimum Gasteiger partial charge on any atom is -0.458 e. The molecule has 6 rings (SSSR count). The molecule has 42 heavy (non-hydrogen) atoms. The average molecular weight is 591 g/mol. The number of amides is 2. The highest BCUT2D eigenvalue weighted by molar-refractivity contribution is 7.10. The van der Waals surface area contributed by atoms with E-state index >= 15 is 0 Å². The number of benzene rings is 1. The van der Waals surface area contributed by atoms with Gasteiger partial charge in [-0.2, -0.15) is 0 Å². The maximum atomic E-state index is 14.6. The number of carbonyl (C=O) groups excluding carboxylic acids is 3. The van der Waals surface area contributed by atoms with Crippen LogP contribution in [-0.2, 0) is 9.59 Å². The number of ketones is 1. The van der Waals surface area contributed by atoms with Gasteiger partial charge in [-0.15, -0.1) is 11.3 Å². The molecule has 11 heteroatoms. The molecule has 1 saturated carbocycles. The molecule has 3 aliphatic rings. The van der Waals surface area contributed by atoms with Gasteiger partial charge in [-0.1, -0.05) is 18.6 Å². The minimum absolute atomic E-state index is 0.135. The van der Waals surface area contributed by atoms with Crippen LogP contribution in [0.4, 0.5) is 5.69 Å². The van der Waals surface area contributed by atoms with Crippen LogP contribution in [0.5, 0.6) is 0 Å². The number of Topliss-reactive ketones (excluding diaryl/α,β-unsaturated/α-hetero) is 1. The second-order valence-corrected chi connectivity index (χ2v) is 12.4. The maximum Gasteiger partial charge on any atom is 0.269 e. The molecule has 4 unspecified atom stereocenters. The summed E-state index contributed by atoms with van der Waals surface area (Å²) in [6, 6.07) is 9.62.